The number of nitrogens with one attached hydrogen (secondary N) is 1. The van der Waals surface area contributed by atoms with Crippen molar-refractivity contribution in [2.75, 3.05) is 31.6 Å². The van der Waals surface area contributed by atoms with E-state index in [0.29, 0.717) is 17.5 Å². The van der Waals surface area contributed by atoms with Crippen LogP contribution in [0.15, 0.2) is 54.7 Å². The molecule has 1 aliphatic carbocycles. The van der Waals surface area contributed by atoms with Gasteiger partial charge in [-0.1, -0.05) is 24.1 Å². The third-order valence-corrected chi connectivity index (χ3v) is 10.4. The van der Waals surface area contributed by atoms with Gasteiger partial charge in [0.25, 0.3) is 0 Å². The number of fused-ring (bicyclic) bond motifs is 4. The first kappa shape index (κ1) is 31.8. The Morgan fingerprint density at radius 2 is 1.72 bits per heavy atom. The number of H-pyrrole nitrogens is 1. The van der Waals surface area contributed by atoms with E-state index in [4.69, 9.17) is 9.72 Å². The van der Waals surface area contributed by atoms with Gasteiger partial charge in [-0.2, -0.15) is 0 Å². The fraction of sp³-hybridized carbons (Fsp3) is 0.462. The Bertz CT molecular complexity index is 1730. The molecule has 2 aromatic heterocycles. The molecule has 2 bridgehead atoms. The summed E-state index contributed by atoms with van der Waals surface area (Å²) in [6.07, 6.45) is 6.66. The highest BCUT2D eigenvalue weighted by molar-refractivity contribution is 5.94. The molecule has 2 saturated heterocycles. The van der Waals surface area contributed by atoms with Crippen LogP contribution in [0.25, 0.3) is 22.2 Å². The summed E-state index contributed by atoms with van der Waals surface area (Å²) in [5.74, 6) is 0.631. The molecule has 7 nitrogen and oxygen atoms in total. The van der Waals surface area contributed by atoms with Crippen LogP contribution in [0.2, 0.25) is 0 Å². The molecular weight excluding hydrogens is 572 g/mol. The number of nitrogens with zero attached hydrogens (tertiary/aromatic N) is 3. The number of aromatic amines is 1. The molecule has 0 spiro atoms. The van der Waals surface area contributed by atoms with E-state index in [1.165, 1.54) is 36.6 Å². The fourth-order valence-corrected chi connectivity index (χ4v) is 7.86. The Hall–Kier alpha value is -4.13. The lowest BCUT2D eigenvalue weighted by atomic mass is 9.77. The van der Waals surface area contributed by atoms with Gasteiger partial charge in [-0.15, -0.1) is 0 Å². The SMILES string of the molecule is CCN(C[C@@H](C)c1c(-c2cc(C)cc(C)c2)[nH]c2cnc(C(C)(C)C(=O)N3CC4CCC3CC4)cc12)c1ccc(C(=O)OC)cc1. The van der Waals surface area contributed by atoms with E-state index in [1.54, 1.807) is 0 Å². The van der Waals surface area contributed by atoms with Crippen LogP contribution in [0, 0.1) is 19.8 Å². The third-order valence-electron chi connectivity index (χ3n) is 10.4. The van der Waals surface area contributed by atoms with Crippen LogP contribution in [-0.4, -0.2) is 59.5 Å². The van der Waals surface area contributed by atoms with Crippen LogP contribution in [0.4, 0.5) is 5.69 Å². The number of carbonyl (C=O) groups is 2. The molecule has 46 heavy (non-hydrogen) atoms. The van der Waals surface area contributed by atoms with Crippen LogP contribution in [0.1, 0.15) is 92.0 Å². The molecule has 242 valence electrons. The number of piperidine rings is 2. The van der Waals surface area contributed by atoms with Crippen molar-refractivity contribution in [1.29, 1.82) is 0 Å². The Labute approximate surface area is 273 Å². The number of likely N-dealkylation sites (N-methyl/N-ethyl adjacent to an activating group) is 1. The molecule has 2 aliphatic heterocycles. The lowest BCUT2D eigenvalue weighted by Gasteiger charge is -2.47. The summed E-state index contributed by atoms with van der Waals surface area (Å²) in [7, 11) is 1.40. The number of aromatic nitrogens is 2. The minimum atomic E-state index is -0.736. The summed E-state index contributed by atoms with van der Waals surface area (Å²) in [4.78, 5) is 39.3. The Morgan fingerprint density at radius 3 is 2.30 bits per heavy atom. The molecule has 3 aliphatic rings. The minimum Gasteiger partial charge on any atom is -0.465 e. The van der Waals surface area contributed by atoms with E-state index in [9.17, 15) is 9.59 Å². The first-order valence-corrected chi connectivity index (χ1v) is 16.8. The molecule has 7 heteroatoms. The number of esters is 1. The van der Waals surface area contributed by atoms with E-state index in [2.05, 4.69) is 66.7 Å². The molecule has 1 N–H and O–H groups in total. The quantitative estimate of drug-likeness (QED) is 0.192. The van der Waals surface area contributed by atoms with Crippen molar-refractivity contribution in [1.82, 2.24) is 14.9 Å². The zero-order chi connectivity index (χ0) is 32.7. The molecule has 4 aromatic rings. The monoisotopic (exact) mass is 620 g/mol. The summed E-state index contributed by atoms with van der Waals surface area (Å²) in [6.45, 7) is 15.3. The van der Waals surface area contributed by atoms with Crippen molar-refractivity contribution in [3.63, 3.8) is 0 Å². The van der Waals surface area contributed by atoms with Gasteiger partial charge in [0.1, 0.15) is 0 Å². The van der Waals surface area contributed by atoms with Gasteiger partial charge in [-0.3, -0.25) is 9.78 Å². The maximum absolute atomic E-state index is 14.1. The van der Waals surface area contributed by atoms with Crippen molar-refractivity contribution < 1.29 is 14.3 Å². The zero-order valence-electron chi connectivity index (χ0n) is 28.4. The Morgan fingerprint density at radius 1 is 1.04 bits per heavy atom. The predicted octanol–water partition coefficient (Wildman–Crippen LogP) is 7.94. The number of benzene rings is 2. The summed E-state index contributed by atoms with van der Waals surface area (Å²) in [5.41, 5.74) is 8.57. The molecule has 2 aromatic carbocycles. The average molecular weight is 621 g/mol. The van der Waals surface area contributed by atoms with Crippen LogP contribution in [0.3, 0.4) is 0 Å². The summed E-state index contributed by atoms with van der Waals surface area (Å²) >= 11 is 0. The van der Waals surface area contributed by atoms with Crippen LogP contribution in [0.5, 0.6) is 0 Å². The predicted molar refractivity (Wildman–Crippen MR) is 186 cm³/mol. The van der Waals surface area contributed by atoms with Gasteiger partial charge in [0, 0.05) is 42.7 Å². The van der Waals surface area contributed by atoms with Gasteiger partial charge in [0.2, 0.25) is 5.91 Å². The van der Waals surface area contributed by atoms with Gasteiger partial charge in [-0.05, 0) is 120 Å². The normalized spacial score (nSPS) is 18.5. The summed E-state index contributed by atoms with van der Waals surface area (Å²) in [5, 5.41) is 1.12. The minimum absolute atomic E-state index is 0.136. The number of pyridine rings is 1. The van der Waals surface area contributed by atoms with E-state index in [1.807, 2.05) is 44.3 Å². The maximum atomic E-state index is 14.1. The van der Waals surface area contributed by atoms with Gasteiger partial charge in [0.15, 0.2) is 0 Å². The van der Waals surface area contributed by atoms with Gasteiger partial charge < -0.3 is 19.5 Å². The molecule has 1 amide bonds. The number of anilines is 1. The van der Waals surface area contributed by atoms with Crippen LogP contribution < -0.4 is 4.90 Å². The number of amides is 1. The van der Waals surface area contributed by atoms with Crippen molar-refractivity contribution in [3.05, 3.63) is 82.7 Å². The fourth-order valence-electron chi connectivity index (χ4n) is 7.86. The van der Waals surface area contributed by atoms with Crippen LogP contribution in [-0.2, 0) is 14.9 Å². The maximum Gasteiger partial charge on any atom is 0.337 e. The van der Waals surface area contributed by atoms with Crippen molar-refractivity contribution in [2.45, 2.75) is 84.6 Å². The Balaban J connectivity index is 1.40. The first-order valence-electron chi connectivity index (χ1n) is 16.8. The zero-order valence-corrected chi connectivity index (χ0v) is 28.4. The number of ether oxygens (including phenoxy) is 1. The molecule has 3 fully saturated rings. The number of methoxy groups -OCH3 is 1. The lowest BCUT2D eigenvalue weighted by molar-refractivity contribution is -0.144. The standard InChI is InChI=1S/C39H48N4O3/c1-8-42(30-15-11-28(12-16-30)37(44)46-7)22-26(4)35-32-20-34(39(5,6)38(45)43-23-27-9-13-31(43)14-10-27)40-21-33(32)41-36(35)29-18-24(2)17-25(3)19-29/h11-12,15-21,26-27,31,41H,8-10,13-14,22-23H2,1-7H3/t26-,27?,31?/m1/s1. The highest BCUT2D eigenvalue weighted by atomic mass is 16.5. The van der Waals surface area contributed by atoms with E-state index < -0.39 is 5.41 Å². The highest BCUT2D eigenvalue weighted by Gasteiger charge is 2.43. The number of aryl methyl sites for hydroxylation is 2. The second-order valence-electron chi connectivity index (χ2n) is 14.1. The lowest BCUT2D eigenvalue weighted by Crippen LogP contribution is -2.55. The summed E-state index contributed by atoms with van der Waals surface area (Å²) in [6, 6.07) is 16.9. The molecule has 1 saturated carbocycles. The molecule has 1 atom stereocenters. The molecule has 4 heterocycles. The number of hydrogen-bond donors (Lipinski definition) is 1. The number of carbonyl (C=O) groups excluding carboxylic acids is 2. The molecule has 7 rings (SSSR count). The van der Waals surface area contributed by atoms with Crippen molar-refractivity contribution in [3.8, 4) is 11.3 Å². The van der Waals surface area contributed by atoms with Crippen LogP contribution >= 0.6 is 0 Å². The average Bonchev–Trinajstić information content (AvgIpc) is 3.46. The topological polar surface area (TPSA) is 78.5 Å². The second-order valence-corrected chi connectivity index (χ2v) is 14.1. The van der Waals surface area contributed by atoms with E-state index >= 15 is 0 Å². The highest BCUT2D eigenvalue weighted by Crippen LogP contribution is 2.41. The number of rotatable bonds is 9. The van der Waals surface area contributed by atoms with Gasteiger partial charge in [0.05, 0.1) is 41.2 Å². The van der Waals surface area contributed by atoms with E-state index in [-0.39, 0.29) is 17.8 Å². The van der Waals surface area contributed by atoms with Crippen molar-refractivity contribution >= 4 is 28.5 Å². The van der Waals surface area contributed by atoms with Gasteiger partial charge >= 0.3 is 5.97 Å². The smallest absolute Gasteiger partial charge is 0.337 e. The van der Waals surface area contributed by atoms with Crippen molar-refractivity contribution in [2.24, 2.45) is 5.92 Å². The number of hydrogen-bond acceptors (Lipinski definition) is 5. The third kappa shape index (κ3) is 5.92. The summed E-state index contributed by atoms with van der Waals surface area (Å²) < 4.78 is 4.90. The largest absolute Gasteiger partial charge is 0.465 e. The molecule has 0 unspecified atom stereocenters. The van der Waals surface area contributed by atoms with E-state index in [0.717, 1.165) is 66.0 Å². The Kier molecular flexibility index (Phi) is 8.70. The molecule has 0 radical (unpaired) electrons. The molecular formula is C39H48N4O3. The first-order chi connectivity index (χ1) is 22.0. The second kappa shape index (κ2) is 12.6. The van der Waals surface area contributed by atoms with Gasteiger partial charge in [-0.25, -0.2) is 4.79 Å².